The number of aromatic amines is 2. The molecule has 2 aromatic heterocycles. The minimum Gasteiger partial charge on any atom is -0.481 e. The molecule has 6 aromatic rings. The van der Waals surface area contributed by atoms with Crippen LogP contribution in [-0.2, 0) is 36.9 Å². The number of nitrogens with zero attached hydrogens (tertiary/aromatic N) is 1. The van der Waals surface area contributed by atoms with Gasteiger partial charge in [0.2, 0.25) is 0 Å². The zero-order chi connectivity index (χ0) is 41.6. The van der Waals surface area contributed by atoms with Gasteiger partial charge in [-0.15, -0.1) is 0 Å². The first-order valence-electron chi connectivity index (χ1n) is 20.7. The summed E-state index contributed by atoms with van der Waals surface area (Å²) in [6.45, 7) is 5.26. The molecule has 0 unspecified atom stereocenters. The van der Waals surface area contributed by atoms with Gasteiger partial charge in [-0.1, -0.05) is 59.6 Å². The van der Waals surface area contributed by atoms with Gasteiger partial charge in [0, 0.05) is 90.4 Å². The van der Waals surface area contributed by atoms with E-state index in [0.29, 0.717) is 30.2 Å². The number of H-pyrrole nitrogens is 2. The second kappa shape index (κ2) is 19.0. The molecule has 3 fully saturated rings. The molecule has 4 aromatic carbocycles. The highest BCUT2D eigenvalue weighted by Crippen LogP contribution is 2.35. The van der Waals surface area contributed by atoms with E-state index in [1.165, 1.54) is 5.56 Å². The fourth-order valence-electron chi connectivity index (χ4n) is 8.26. The Morgan fingerprint density at radius 2 is 1.18 bits per heavy atom. The van der Waals surface area contributed by atoms with Gasteiger partial charge in [0.05, 0.1) is 40.3 Å². The smallest absolute Gasteiger partial charge is 0.307 e. The van der Waals surface area contributed by atoms with Crippen LogP contribution in [0.3, 0.4) is 0 Å². The van der Waals surface area contributed by atoms with Gasteiger partial charge in [0.25, 0.3) is 0 Å². The van der Waals surface area contributed by atoms with E-state index in [9.17, 15) is 13.2 Å². The highest BCUT2D eigenvalue weighted by molar-refractivity contribution is 7.91. The van der Waals surface area contributed by atoms with E-state index in [1.54, 1.807) is 0 Å². The molecule has 14 heteroatoms. The number of carboxylic acid groups (broad SMARTS) is 1. The second-order valence-corrected chi connectivity index (χ2v) is 19.2. The van der Waals surface area contributed by atoms with Gasteiger partial charge in [-0.25, -0.2) is 8.42 Å². The highest BCUT2D eigenvalue weighted by Gasteiger charge is 2.22. The van der Waals surface area contributed by atoms with Crippen molar-refractivity contribution < 1.29 is 27.8 Å². The maximum Gasteiger partial charge on any atom is 0.307 e. The van der Waals surface area contributed by atoms with Crippen LogP contribution in [0.15, 0.2) is 84.9 Å². The molecule has 0 atom stereocenters. The van der Waals surface area contributed by atoms with Crippen molar-refractivity contribution in [3.8, 4) is 22.5 Å². The van der Waals surface area contributed by atoms with E-state index in [1.807, 2.05) is 48.5 Å². The Morgan fingerprint density at radius 3 is 1.68 bits per heavy atom. The highest BCUT2D eigenvalue weighted by atomic mass is 35.5. The lowest BCUT2D eigenvalue weighted by Gasteiger charge is -2.26. The maximum atomic E-state index is 11.7. The number of hydrogen-bond donors (Lipinski definition) is 5. The standard InChI is InChI=1S/C25H30ClN3O3S.C21H21ClN2O3/c26-21-15-20-16-23(28-25(20)24(17-21)27-22-5-10-32-11-6-22)19-3-1-2-18(14-19)4-7-29-8-12-33(30,31)13-9-29;22-16-10-15-11-18(14-3-1-2-13(8-14)9-20(25)26)24-21(15)19(12-16)23-17-4-6-27-7-5-17/h1-3,14-17,22,27-28H,4-13H2;1-3,8,10-12,17,23-24H,4-7,9H2,(H,25,26). The molecular formula is C46H51Cl2N5O6S. The van der Waals surface area contributed by atoms with E-state index in [-0.39, 0.29) is 17.9 Å². The van der Waals surface area contributed by atoms with Gasteiger partial charge in [0.15, 0.2) is 9.84 Å². The predicted octanol–water partition coefficient (Wildman–Crippen LogP) is 9.06. The fraction of sp³-hybridized carbons (Fsp3) is 0.370. The number of halogens is 2. The molecule has 9 rings (SSSR count). The van der Waals surface area contributed by atoms with E-state index >= 15 is 0 Å². The normalized spacial score (nSPS) is 17.6. The third-order valence-electron chi connectivity index (χ3n) is 11.5. The summed E-state index contributed by atoms with van der Waals surface area (Å²) < 4.78 is 34.2. The van der Waals surface area contributed by atoms with Gasteiger partial charge in [0.1, 0.15) is 0 Å². The number of anilines is 2. The summed E-state index contributed by atoms with van der Waals surface area (Å²) in [5.74, 6) is -0.289. The van der Waals surface area contributed by atoms with E-state index in [2.05, 4.69) is 61.9 Å². The van der Waals surface area contributed by atoms with Crippen molar-refractivity contribution in [2.45, 2.75) is 50.6 Å². The number of aliphatic carboxylic acids is 1. The van der Waals surface area contributed by atoms with Crippen LogP contribution in [0.2, 0.25) is 10.0 Å². The molecule has 5 heterocycles. The molecule has 3 saturated heterocycles. The number of benzene rings is 4. The number of carbonyl (C=O) groups is 1. The van der Waals surface area contributed by atoms with Gasteiger partial charge in [-0.3, -0.25) is 4.79 Å². The number of sulfone groups is 1. The van der Waals surface area contributed by atoms with Crippen molar-refractivity contribution >= 4 is 72.2 Å². The summed E-state index contributed by atoms with van der Waals surface area (Å²) in [6, 6.07) is 29.0. The molecule has 60 heavy (non-hydrogen) atoms. The Balaban J connectivity index is 0.000000170. The first kappa shape index (κ1) is 42.1. The average molecular weight is 873 g/mol. The van der Waals surface area contributed by atoms with Gasteiger partial charge < -0.3 is 40.1 Å². The molecule has 3 aliphatic heterocycles. The van der Waals surface area contributed by atoms with E-state index in [4.69, 9.17) is 37.8 Å². The summed E-state index contributed by atoms with van der Waals surface area (Å²) in [5, 5.41) is 19.8. The van der Waals surface area contributed by atoms with Crippen LogP contribution in [0.25, 0.3) is 44.3 Å². The van der Waals surface area contributed by atoms with Gasteiger partial charge in [-0.05, 0) is 103 Å². The van der Waals surface area contributed by atoms with Crippen molar-refractivity contribution in [3.05, 3.63) is 106 Å². The zero-order valence-electron chi connectivity index (χ0n) is 33.4. The fourth-order valence-corrected chi connectivity index (χ4v) is 9.99. The van der Waals surface area contributed by atoms with Gasteiger partial charge >= 0.3 is 5.97 Å². The Labute approximate surface area is 360 Å². The lowest BCUT2D eigenvalue weighted by atomic mass is 10.1. The van der Waals surface area contributed by atoms with Crippen LogP contribution in [0, 0.1) is 0 Å². The molecule has 0 spiro atoms. The Hall–Kier alpha value is -4.56. The quantitative estimate of drug-likeness (QED) is 0.0860. The monoisotopic (exact) mass is 871 g/mol. The maximum absolute atomic E-state index is 11.7. The molecule has 316 valence electrons. The molecule has 0 bridgehead atoms. The Kier molecular flexibility index (Phi) is 13.4. The predicted molar refractivity (Wildman–Crippen MR) is 243 cm³/mol. The summed E-state index contributed by atoms with van der Waals surface area (Å²) in [6.07, 6.45) is 4.84. The molecule has 0 saturated carbocycles. The second-order valence-electron chi connectivity index (χ2n) is 16.0. The minimum absolute atomic E-state index is 0.0104. The summed E-state index contributed by atoms with van der Waals surface area (Å²) in [5.41, 5.74) is 10.2. The van der Waals surface area contributed by atoms with Crippen LogP contribution < -0.4 is 10.6 Å². The summed E-state index contributed by atoms with van der Waals surface area (Å²) in [4.78, 5) is 20.3. The molecule has 0 aliphatic carbocycles. The molecule has 0 amide bonds. The summed E-state index contributed by atoms with van der Waals surface area (Å²) in [7, 11) is -2.84. The van der Waals surface area contributed by atoms with Crippen LogP contribution in [-0.4, -0.2) is 104 Å². The van der Waals surface area contributed by atoms with Crippen LogP contribution in [0.1, 0.15) is 36.8 Å². The molecule has 11 nitrogen and oxygen atoms in total. The van der Waals surface area contributed by atoms with Crippen molar-refractivity contribution in [2.75, 3.05) is 68.2 Å². The number of nitrogens with one attached hydrogen (secondary N) is 4. The van der Waals surface area contributed by atoms with Crippen molar-refractivity contribution in [1.82, 2.24) is 14.9 Å². The third kappa shape index (κ3) is 10.8. The van der Waals surface area contributed by atoms with E-state index < -0.39 is 15.8 Å². The molecular weight excluding hydrogens is 822 g/mol. The minimum atomic E-state index is -2.84. The number of fused-ring (bicyclic) bond motifs is 2. The molecule has 3 aliphatic rings. The lowest BCUT2D eigenvalue weighted by Crippen LogP contribution is -2.41. The number of aromatic nitrogens is 2. The van der Waals surface area contributed by atoms with Crippen molar-refractivity contribution in [2.24, 2.45) is 0 Å². The number of ether oxygens (including phenoxy) is 2. The molecule has 0 radical (unpaired) electrons. The first-order valence-corrected chi connectivity index (χ1v) is 23.3. The van der Waals surface area contributed by atoms with Gasteiger partial charge in [-0.2, -0.15) is 0 Å². The van der Waals surface area contributed by atoms with Crippen molar-refractivity contribution in [1.29, 1.82) is 0 Å². The Bertz CT molecular complexity index is 2550. The summed E-state index contributed by atoms with van der Waals surface area (Å²) >= 11 is 12.8. The zero-order valence-corrected chi connectivity index (χ0v) is 35.8. The number of carboxylic acids is 1. The van der Waals surface area contributed by atoms with Crippen molar-refractivity contribution in [3.63, 3.8) is 0 Å². The topological polar surface area (TPSA) is 149 Å². The first-order chi connectivity index (χ1) is 29.0. The largest absolute Gasteiger partial charge is 0.481 e. The SMILES string of the molecule is O=C(O)Cc1cccc(-c2cc3cc(Cl)cc(NC4CCOCC4)c3[nH]2)c1.O=S1(=O)CCN(CCc2cccc(-c3cc4cc(Cl)cc(NC5CCOCC5)c4[nH]3)c2)CC1. The Morgan fingerprint density at radius 1 is 0.700 bits per heavy atom. The van der Waals surface area contributed by atoms with Crippen LogP contribution in [0.4, 0.5) is 11.4 Å². The number of rotatable bonds is 11. The lowest BCUT2D eigenvalue weighted by molar-refractivity contribution is -0.136. The molecule has 5 N–H and O–H groups in total. The van der Waals surface area contributed by atoms with Crippen LogP contribution >= 0.6 is 23.2 Å². The third-order valence-corrected chi connectivity index (χ3v) is 13.6. The average Bonchev–Trinajstić information content (AvgIpc) is 3.87. The van der Waals surface area contributed by atoms with E-state index in [0.717, 1.165) is 131 Å². The number of hydrogen-bond acceptors (Lipinski definition) is 8. The van der Waals surface area contributed by atoms with Crippen LogP contribution in [0.5, 0.6) is 0 Å².